The first-order valence-electron chi connectivity index (χ1n) is 6.61. The van der Waals surface area contributed by atoms with E-state index < -0.39 is 0 Å². The fourth-order valence-electron chi connectivity index (χ4n) is 2.34. The number of nitrogens with two attached hydrogens (primary N) is 1. The fraction of sp³-hybridized carbons (Fsp3) is 0.200. The summed E-state index contributed by atoms with van der Waals surface area (Å²) in [6.07, 6.45) is 7.02. The molecule has 0 unspecified atom stereocenters. The highest BCUT2D eigenvalue weighted by atomic mass is 16.1. The second-order valence-corrected chi connectivity index (χ2v) is 4.81. The summed E-state index contributed by atoms with van der Waals surface area (Å²) in [6.45, 7) is 0.690. The van der Waals surface area contributed by atoms with Crippen molar-refractivity contribution >= 4 is 11.2 Å². The van der Waals surface area contributed by atoms with Gasteiger partial charge in [-0.3, -0.25) is 4.79 Å². The smallest absolute Gasteiger partial charge is 0.276 e. The average Bonchev–Trinajstić information content (AvgIpc) is 2.91. The van der Waals surface area contributed by atoms with Gasteiger partial charge in [-0.1, -0.05) is 12.1 Å². The Morgan fingerprint density at radius 3 is 2.95 bits per heavy atom. The van der Waals surface area contributed by atoms with Gasteiger partial charge in [0.25, 0.3) is 5.56 Å². The van der Waals surface area contributed by atoms with Crippen LogP contribution in [0.3, 0.4) is 0 Å². The van der Waals surface area contributed by atoms with Crippen LogP contribution in [0.2, 0.25) is 0 Å². The Kier molecular flexibility index (Phi) is 3.25. The summed E-state index contributed by atoms with van der Waals surface area (Å²) in [7, 11) is 0. The number of benzene rings is 1. The molecule has 0 aliphatic heterocycles. The van der Waals surface area contributed by atoms with E-state index in [1.807, 2.05) is 18.2 Å². The summed E-state index contributed by atoms with van der Waals surface area (Å²) >= 11 is 0. The van der Waals surface area contributed by atoms with Gasteiger partial charge in [-0.25, -0.2) is 4.52 Å². The average molecular weight is 268 g/mol. The molecule has 2 N–H and O–H groups in total. The number of hydrogen-bond acceptors (Lipinski definition) is 3. The molecule has 0 saturated heterocycles. The van der Waals surface area contributed by atoms with Crippen molar-refractivity contribution < 1.29 is 0 Å². The lowest BCUT2D eigenvalue weighted by atomic mass is 10.1. The summed E-state index contributed by atoms with van der Waals surface area (Å²) < 4.78 is 3.32. The largest absolute Gasteiger partial charge is 0.399 e. The molecular weight excluding hydrogens is 252 g/mol. The third-order valence-corrected chi connectivity index (χ3v) is 3.35. The van der Waals surface area contributed by atoms with E-state index in [1.54, 1.807) is 33.7 Å². The maximum atomic E-state index is 12.2. The molecule has 0 fully saturated rings. The summed E-state index contributed by atoms with van der Waals surface area (Å²) in [5, 5.41) is 4.05. The second-order valence-electron chi connectivity index (χ2n) is 4.81. The Balaban J connectivity index is 1.71. The molecule has 0 saturated carbocycles. The lowest BCUT2D eigenvalue weighted by molar-refractivity contribution is 0.618. The Morgan fingerprint density at radius 2 is 2.10 bits per heavy atom. The van der Waals surface area contributed by atoms with Gasteiger partial charge in [0.2, 0.25) is 0 Å². The van der Waals surface area contributed by atoms with E-state index in [1.165, 1.54) is 5.56 Å². The molecule has 102 valence electrons. The van der Waals surface area contributed by atoms with E-state index in [0.717, 1.165) is 18.5 Å². The highest BCUT2D eigenvalue weighted by molar-refractivity contribution is 5.42. The third-order valence-electron chi connectivity index (χ3n) is 3.35. The van der Waals surface area contributed by atoms with Crippen molar-refractivity contribution in [1.29, 1.82) is 0 Å². The van der Waals surface area contributed by atoms with Gasteiger partial charge in [-0.2, -0.15) is 5.10 Å². The van der Waals surface area contributed by atoms with Gasteiger partial charge >= 0.3 is 0 Å². The molecule has 0 bridgehead atoms. The van der Waals surface area contributed by atoms with Crippen LogP contribution in [0.4, 0.5) is 5.69 Å². The number of nitrogen functional groups attached to an aromatic ring is 1. The Bertz CT molecular complexity index is 788. The quantitative estimate of drug-likeness (QED) is 0.733. The Morgan fingerprint density at radius 1 is 1.20 bits per heavy atom. The van der Waals surface area contributed by atoms with Crippen molar-refractivity contribution in [1.82, 2.24) is 14.2 Å². The van der Waals surface area contributed by atoms with Crippen LogP contribution >= 0.6 is 0 Å². The SMILES string of the molecule is Nc1cccc(CCCn2ccn3nccc3c2=O)c1. The van der Waals surface area contributed by atoms with Gasteiger partial charge in [-0.05, 0) is 36.6 Å². The molecule has 2 aromatic heterocycles. The van der Waals surface area contributed by atoms with E-state index in [9.17, 15) is 4.79 Å². The summed E-state index contributed by atoms with van der Waals surface area (Å²) in [5.74, 6) is 0. The third kappa shape index (κ3) is 2.42. The van der Waals surface area contributed by atoms with Gasteiger partial charge in [0, 0.05) is 24.6 Å². The maximum absolute atomic E-state index is 12.2. The number of fused-ring (bicyclic) bond motifs is 1. The minimum atomic E-state index is -0.00224. The number of aryl methyl sites for hydroxylation is 2. The number of aromatic nitrogens is 3. The highest BCUT2D eigenvalue weighted by Gasteiger charge is 2.03. The molecule has 0 aliphatic carbocycles. The van der Waals surface area contributed by atoms with Crippen LogP contribution in [0.5, 0.6) is 0 Å². The molecule has 0 atom stereocenters. The van der Waals surface area contributed by atoms with Crippen LogP contribution in [0.1, 0.15) is 12.0 Å². The van der Waals surface area contributed by atoms with Crippen molar-refractivity contribution in [2.75, 3.05) is 5.73 Å². The van der Waals surface area contributed by atoms with Gasteiger partial charge in [0.1, 0.15) is 5.52 Å². The van der Waals surface area contributed by atoms with E-state index in [0.29, 0.717) is 12.1 Å². The number of rotatable bonds is 4. The maximum Gasteiger partial charge on any atom is 0.276 e. The van der Waals surface area contributed by atoms with Crippen molar-refractivity contribution in [2.45, 2.75) is 19.4 Å². The van der Waals surface area contributed by atoms with Crippen LogP contribution in [-0.4, -0.2) is 14.2 Å². The van der Waals surface area contributed by atoms with Gasteiger partial charge < -0.3 is 10.3 Å². The molecule has 0 aliphatic rings. The van der Waals surface area contributed by atoms with Crippen molar-refractivity contribution in [3.63, 3.8) is 0 Å². The number of hydrogen-bond donors (Lipinski definition) is 1. The lowest BCUT2D eigenvalue weighted by Crippen LogP contribution is -2.21. The van der Waals surface area contributed by atoms with E-state index in [2.05, 4.69) is 11.2 Å². The van der Waals surface area contributed by atoms with Gasteiger partial charge in [-0.15, -0.1) is 0 Å². The predicted octanol–water partition coefficient (Wildman–Crippen LogP) is 1.71. The minimum absolute atomic E-state index is 0.00224. The number of anilines is 1. The molecule has 5 heteroatoms. The zero-order valence-corrected chi connectivity index (χ0v) is 11.1. The van der Waals surface area contributed by atoms with Crippen LogP contribution in [0.15, 0.2) is 53.7 Å². The van der Waals surface area contributed by atoms with Crippen molar-refractivity contribution in [3.8, 4) is 0 Å². The Hall–Kier alpha value is -2.56. The van der Waals surface area contributed by atoms with Crippen molar-refractivity contribution in [2.24, 2.45) is 0 Å². The molecule has 0 spiro atoms. The van der Waals surface area contributed by atoms with Crippen LogP contribution in [-0.2, 0) is 13.0 Å². The standard InChI is InChI=1S/C15H16N4O/c16-13-5-1-3-12(11-13)4-2-8-18-9-10-19-14(15(18)20)6-7-17-19/h1,3,5-7,9-11H,2,4,8,16H2. The second kappa shape index (κ2) is 5.21. The number of nitrogens with zero attached hydrogens (tertiary/aromatic N) is 3. The Labute approximate surface area is 116 Å². The molecule has 20 heavy (non-hydrogen) atoms. The summed E-state index contributed by atoms with van der Waals surface area (Å²) in [6, 6.07) is 9.59. The zero-order valence-electron chi connectivity index (χ0n) is 11.1. The van der Waals surface area contributed by atoms with Gasteiger partial charge in [0.05, 0.1) is 6.20 Å². The van der Waals surface area contributed by atoms with Crippen LogP contribution < -0.4 is 11.3 Å². The first-order chi connectivity index (χ1) is 9.74. The van der Waals surface area contributed by atoms with Crippen molar-refractivity contribution in [3.05, 3.63) is 64.8 Å². The highest BCUT2D eigenvalue weighted by Crippen LogP contribution is 2.09. The van der Waals surface area contributed by atoms with E-state index >= 15 is 0 Å². The topological polar surface area (TPSA) is 65.3 Å². The minimum Gasteiger partial charge on any atom is -0.399 e. The summed E-state index contributed by atoms with van der Waals surface area (Å²) in [4.78, 5) is 12.2. The normalized spacial score (nSPS) is 11.0. The monoisotopic (exact) mass is 268 g/mol. The fourth-order valence-corrected chi connectivity index (χ4v) is 2.34. The molecule has 3 rings (SSSR count). The van der Waals surface area contributed by atoms with Gasteiger partial charge in [0.15, 0.2) is 0 Å². The van der Waals surface area contributed by atoms with E-state index in [4.69, 9.17) is 5.73 Å². The van der Waals surface area contributed by atoms with Crippen LogP contribution in [0, 0.1) is 0 Å². The van der Waals surface area contributed by atoms with E-state index in [-0.39, 0.29) is 5.56 Å². The molecule has 2 heterocycles. The molecule has 0 radical (unpaired) electrons. The predicted molar refractivity (Wildman–Crippen MR) is 78.6 cm³/mol. The summed E-state index contributed by atoms with van der Waals surface area (Å²) in [5.41, 5.74) is 8.33. The first kappa shape index (κ1) is 12.5. The lowest BCUT2D eigenvalue weighted by Gasteiger charge is -2.06. The van der Waals surface area contributed by atoms with Crippen LogP contribution in [0.25, 0.3) is 5.52 Å². The molecule has 0 amide bonds. The molecule has 3 aromatic rings. The molecular formula is C15H16N4O. The zero-order chi connectivity index (χ0) is 13.9. The first-order valence-corrected chi connectivity index (χ1v) is 6.61. The molecule has 1 aromatic carbocycles. The molecule has 5 nitrogen and oxygen atoms in total.